The zero-order chi connectivity index (χ0) is 17.8. The predicted molar refractivity (Wildman–Crippen MR) is 95.4 cm³/mol. The molecule has 7 nitrogen and oxygen atoms in total. The first-order valence-electron chi connectivity index (χ1n) is 7.66. The van der Waals surface area contributed by atoms with Crippen molar-refractivity contribution in [1.29, 1.82) is 0 Å². The van der Waals surface area contributed by atoms with Crippen molar-refractivity contribution < 1.29 is 9.72 Å². The number of nitro groups is 1. The van der Waals surface area contributed by atoms with Gasteiger partial charge in [-0.2, -0.15) is 5.10 Å². The molecular formula is C18H16N4O3. The second-order valence-electron chi connectivity index (χ2n) is 5.54. The van der Waals surface area contributed by atoms with Crippen LogP contribution in [-0.2, 0) is 11.3 Å². The van der Waals surface area contributed by atoms with Crippen LogP contribution in [0.3, 0.4) is 0 Å². The lowest BCUT2D eigenvalue weighted by Gasteiger charge is -2.05. The van der Waals surface area contributed by atoms with E-state index in [0.29, 0.717) is 11.3 Å². The minimum atomic E-state index is -0.459. The molecule has 0 spiro atoms. The minimum absolute atomic E-state index is 0.0140. The van der Waals surface area contributed by atoms with Crippen molar-refractivity contribution >= 4 is 28.2 Å². The Morgan fingerprint density at radius 2 is 1.88 bits per heavy atom. The second-order valence-corrected chi connectivity index (χ2v) is 5.54. The number of hydrazone groups is 1. The van der Waals surface area contributed by atoms with Crippen LogP contribution in [0, 0.1) is 10.1 Å². The number of nitro benzene ring substituents is 1. The molecule has 0 fully saturated rings. The van der Waals surface area contributed by atoms with Crippen LogP contribution in [0.4, 0.5) is 5.69 Å². The molecule has 0 aliphatic carbocycles. The third-order valence-electron chi connectivity index (χ3n) is 3.84. The lowest BCUT2D eigenvalue weighted by molar-refractivity contribution is -0.384. The number of benzene rings is 2. The fraction of sp³-hybridized carbons (Fsp3) is 0.111. The minimum Gasteiger partial charge on any atom is -0.338 e. The normalized spacial score (nSPS) is 11.5. The third kappa shape index (κ3) is 3.72. The van der Waals surface area contributed by atoms with Crippen LogP contribution in [0.15, 0.2) is 65.9 Å². The molecule has 0 aliphatic rings. The van der Waals surface area contributed by atoms with Gasteiger partial charge in [-0.1, -0.05) is 18.2 Å². The van der Waals surface area contributed by atoms with E-state index in [1.54, 1.807) is 19.1 Å². The Hall–Kier alpha value is -3.48. The lowest BCUT2D eigenvalue weighted by Crippen LogP contribution is -2.23. The number of fused-ring (bicyclic) bond motifs is 1. The zero-order valence-electron chi connectivity index (χ0n) is 13.5. The summed E-state index contributed by atoms with van der Waals surface area (Å²) in [5, 5.41) is 15.8. The molecule has 25 heavy (non-hydrogen) atoms. The highest BCUT2D eigenvalue weighted by Crippen LogP contribution is 2.15. The molecule has 0 unspecified atom stereocenters. The van der Waals surface area contributed by atoms with Crippen LogP contribution < -0.4 is 5.43 Å². The van der Waals surface area contributed by atoms with Crippen molar-refractivity contribution in [1.82, 2.24) is 9.99 Å². The van der Waals surface area contributed by atoms with Crippen LogP contribution in [0.5, 0.6) is 0 Å². The van der Waals surface area contributed by atoms with Gasteiger partial charge in [0.15, 0.2) is 0 Å². The van der Waals surface area contributed by atoms with E-state index >= 15 is 0 Å². The van der Waals surface area contributed by atoms with Gasteiger partial charge in [-0.25, -0.2) is 5.43 Å². The smallest absolute Gasteiger partial charge is 0.269 e. The number of hydrogen-bond acceptors (Lipinski definition) is 4. The molecule has 7 heteroatoms. The fourth-order valence-electron chi connectivity index (χ4n) is 2.50. The van der Waals surface area contributed by atoms with E-state index in [4.69, 9.17) is 0 Å². The number of carbonyl (C=O) groups is 1. The summed E-state index contributed by atoms with van der Waals surface area (Å²) in [6, 6.07) is 15.8. The molecule has 1 N–H and O–H groups in total. The highest BCUT2D eigenvalue weighted by atomic mass is 16.6. The van der Waals surface area contributed by atoms with E-state index in [1.807, 2.05) is 41.1 Å². The number of nitrogens with zero attached hydrogens (tertiary/aromatic N) is 3. The van der Waals surface area contributed by atoms with Crippen LogP contribution in [0.1, 0.15) is 12.5 Å². The number of amides is 1. The summed E-state index contributed by atoms with van der Waals surface area (Å²) in [5.74, 6) is -0.248. The van der Waals surface area contributed by atoms with Crippen LogP contribution in [-0.4, -0.2) is 21.1 Å². The second kappa shape index (κ2) is 6.96. The van der Waals surface area contributed by atoms with E-state index in [1.165, 1.54) is 12.1 Å². The van der Waals surface area contributed by atoms with Crippen molar-refractivity contribution in [2.75, 3.05) is 0 Å². The van der Waals surface area contributed by atoms with Gasteiger partial charge in [0.1, 0.15) is 6.54 Å². The first kappa shape index (κ1) is 16.4. The average molecular weight is 336 g/mol. The van der Waals surface area contributed by atoms with E-state index in [9.17, 15) is 14.9 Å². The molecule has 3 aromatic rings. The van der Waals surface area contributed by atoms with Gasteiger partial charge in [0.25, 0.3) is 11.6 Å². The highest BCUT2D eigenvalue weighted by molar-refractivity contribution is 5.99. The van der Waals surface area contributed by atoms with Crippen LogP contribution in [0.25, 0.3) is 10.9 Å². The van der Waals surface area contributed by atoms with Gasteiger partial charge in [0.2, 0.25) is 0 Å². The molecule has 0 atom stereocenters. The molecule has 0 bridgehead atoms. The van der Waals surface area contributed by atoms with Gasteiger partial charge in [0, 0.05) is 23.8 Å². The van der Waals surface area contributed by atoms with Crippen molar-refractivity contribution in [3.8, 4) is 0 Å². The van der Waals surface area contributed by atoms with Gasteiger partial charge in [0.05, 0.1) is 10.6 Å². The molecule has 0 saturated heterocycles. The average Bonchev–Trinajstić information content (AvgIpc) is 3.03. The summed E-state index contributed by atoms with van der Waals surface area (Å²) >= 11 is 0. The van der Waals surface area contributed by atoms with E-state index in [2.05, 4.69) is 10.5 Å². The SMILES string of the molecule is C/C(=N/NC(=O)Cn1ccc2ccccc21)c1ccc([N+](=O)[O-])cc1. The Morgan fingerprint density at radius 1 is 1.16 bits per heavy atom. The van der Waals surface area contributed by atoms with E-state index in [-0.39, 0.29) is 18.1 Å². The van der Waals surface area contributed by atoms with Gasteiger partial charge in [-0.15, -0.1) is 0 Å². The summed E-state index contributed by atoms with van der Waals surface area (Å²) in [5.41, 5.74) is 4.79. The molecule has 1 aromatic heterocycles. The molecule has 3 rings (SSSR count). The molecule has 1 heterocycles. The first-order chi connectivity index (χ1) is 12.0. The van der Waals surface area contributed by atoms with Crippen molar-refractivity contribution in [3.05, 3.63) is 76.5 Å². The van der Waals surface area contributed by atoms with Crippen molar-refractivity contribution in [3.63, 3.8) is 0 Å². The third-order valence-corrected chi connectivity index (χ3v) is 3.84. The Morgan fingerprint density at radius 3 is 2.60 bits per heavy atom. The van der Waals surface area contributed by atoms with Crippen LogP contribution in [0.2, 0.25) is 0 Å². The fourth-order valence-corrected chi connectivity index (χ4v) is 2.50. The van der Waals surface area contributed by atoms with Crippen molar-refractivity contribution in [2.24, 2.45) is 5.10 Å². The molecule has 2 aromatic carbocycles. The molecular weight excluding hydrogens is 320 g/mol. The number of carbonyl (C=O) groups excluding carboxylic acids is 1. The van der Waals surface area contributed by atoms with Crippen molar-refractivity contribution in [2.45, 2.75) is 13.5 Å². The molecule has 0 radical (unpaired) electrons. The van der Waals surface area contributed by atoms with Crippen LogP contribution >= 0.6 is 0 Å². The predicted octanol–water partition coefficient (Wildman–Crippen LogP) is 3.09. The lowest BCUT2D eigenvalue weighted by atomic mass is 10.1. The summed E-state index contributed by atoms with van der Waals surface area (Å²) in [6.07, 6.45) is 1.86. The zero-order valence-corrected chi connectivity index (χ0v) is 13.5. The maximum atomic E-state index is 12.1. The topological polar surface area (TPSA) is 89.5 Å². The number of aromatic nitrogens is 1. The monoisotopic (exact) mass is 336 g/mol. The number of para-hydroxylation sites is 1. The van der Waals surface area contributed by atoms with Gasteiger partial charge >= 0.3 is 0 Å². The largest absolute Gasteiger partial charge is 0.338 e. The summed E-state index contributed by atoms with van der Waals surface area (Å²) in [7, 11) is 0. The maximum Gasteiger partial charge on any atom is 0.269 e. The maximum absolute atomic E-state index is 12.1. The standard InChI is InChI=1S/C18H16N4O3/c1-13(14-6-8-16(9-7-14)22(24)25)19-20-18(23)12-21-11-10-15-4-2-3-5-17(15)21/h2-11H,12H2,1H3,(H,20,23)/b19-13-. The summed E-state index contributed by atoms with van der Waals surface area (Å²) in [6.45, 7) is 1.89. The molecule has 0 aliphatic heterocycles. The number of rotatable bonds is 5. The number of non-ortho nitro benzene ring substituents is 1. The van der Waals surface area contributed by atoms with E-state index < -0.39 is 4.92 Å². The highest BCUT2D eigenvalue weighted by Gasteiger charge is 2.07. The first-order valence-corrected chi connectivity index (χ1v) is 7.66. The van der Waals surface area contributed by atoms with Gasteiger partial charge in [-0.05, 0) is 42.1 Å². The van der Waals surface area contributed by atoms with Gasteiger partial charge < -0.3 is 4.57 Å². The summed E-state index contributed by atoms with van der Waals surface area (Å²) < 4.78 is 1.85. The molecule has 126 valence electrons. The van der Waals surface area contributed by atoms with Gasteiger partial charge in [-0.3, -0.25) is 14.9 Å². The Labute approximate surface area is 143 Å². The Balaban J connectivity index is 1.66. The Kier molecular flexibility index (Phi) is 4.56. The summed E-state index contributed by atoms with van der Waals surface area (Å²) in [4.78, 5) is 22.3. The number of hydrogen-bond donors (Lipinski definition) is 1. The molecule has 1 amide bonds. The van der Waals surface area contributed by atoms with E-state index in [0.717, 1.165) is 10.9 Å². The number of nitrogens with one attached hydrogen (secondary N) is 1. The Bertz CT molecular complexity index is 958. The molecule has 0 saturated carbocycles. The quantitative estimate of drug-likeness (QED) is 0.441.